The van der Waals surface area contributed by atoms with Crippen molar-refractivity contribution in [2.75, 3.05) is 54.9 Å². The molecule has 2 saturated heterocycles. The molecule has 4 rings (SSSR count). The molecule has 31 heavy (non-hydrogen) atoms. The van der Waals surface area contributed by atoms with Gasteiger partial charge in [-0.3, -0.25) is 0 Å². The van der Waals surface area contributed by atoms with Crippen molar-refractivity contribution in [3.8, 4) is 11.3 Å². The number of pyridine rings is 1. The van der Waals surface area contributed by atoms with E-state index in [1.54, 1.807) is 6.07 Å². The molecule has 2 N–H and O–H groups in total. The highest BCUT2D eigenvalue weighted by molar-refractivity contribution is 8.00. The van der Waals surface area contributed by atoms with Crippen LogP contribution in [-0.2, 0) is 4.74 Å². The van der Waals surface area contributed by atoms with Crippen molar-refractivity contribution >= 4 is 29.3 Å². The number of nitrogen functional groups attached to an aromatic ring is 1. The second kappa shape index (κ2) is 8.26. The zero-order valence-electron chi connectivity index (χ0n) is 16.2. The maximum Gasteiger partial charge on any atom is 0.446 e. The molecule has 0 saturated carbocycles. The van der Waals surface area contributed by atoms with Gasteiger partial charge in [-0.05, 0) is 17.8 Å². The van der Waals surface area contributed by atoms with E-state index in [0.29, 0.717) is 32.1 Å². The summed E-state index contributed by atoms with van der Waals surface area (Å²) in [6, 6.07) is 2.85. The normalized spacial score (nSPS) is 19.1. The Morgan fingerprint density at radius 2 is 1.81 bits per heavy atom. The van der Waals surface area contributed by atoms with Gasteiger partial charge in [-0.2, -0.15) is 18.2 Å². The van der Waals surface area contributed by atoms with Crippen molar-refractivity contribution in [3.05, 3.63) is 18.3 Å². The minimum Gasteiger partial charge on any atom is -0.383 e. The summed E-state index contributed by atoms with van der Waals surface area (Å²) in [7, 11) is 0. The van der Waals surface area contributed by atoms with E-state index in [-0.39, 0.29) is 52.6 Å². The van der Waals surface area contributed by atoms with Gasteiger partial charge in [0, 0.05) is 43.9 Å². The van der Waals surface area contributed by atoms with Crippen LogP contribution in [0.15, 0.2) is 23.2 Å². The van der Waals surface area contributed by atoms with Crippen LogP contribution in [0.4, 0.5) is 39.5 Å². The highest BCUT2D eigenvalue weighted by Gasteiger charge is 2.39. The fraction of sp³-hybridized carbons (Fsp3) is 0.500. The molecular weight excluding hydrogens is 443 g/mol. The molecule has 168 valence electrons. The molecule has 0 aliphatic carbocycles. The van der Waals surface area contributed by atoms with Crippen LogP contribution in [0, 0.1) is 0 Å². The topological polar surface area (TPSA) is 80.4 Å². The van der Waals surface area contributed by atoms with Crippen LogP contribution >= 0.6 is 11.8 Å². The molecule has 2 aliphatic heterocycles. The highest BCUT2D eigenvalue weighted by atomic mass is 32.2. The number of nitrogens with two attached hydrogens (primary N) is 1. The van der Waals surface area contributed by atoms with Gasteiger partial charge in [-0.15, -0.1) is 0 Å². The Morgan fingerprint density at radius 3 is 2.45 bits per heavy atom. The lowest BCUT2D eigenvalue weighted by Crippen LogP contribution is -2.37. The van der Waals surface area contributed by atoms with Crippen LogP contribution < -0.4 is 15.5 Å². The van der Waals surface area contributed by atoms with Crippen molar-refractivity contribution in [2.24, 2.45) is 0 Å². The van der Waals surface area contributed by atoms with Crippen LogP contribution in [0.25, 0.3) is 11.3 Å². The summed E-state index contributed by atoms with van der Waals surface area (Å²) in [5.74, 6) is -2.52. The highest BCUT2D eigenvalue weighted by Crippen LogP contribution is 2.40. The van der Waals surface area contributed by atoms with E-state index < -0.39 is 18.0 Å². The van der Waals surface area contributed by atoms with E-state index in [1.807, 2.05) is 4.90 Å². The summed E-state index contributed by atoms with van der Waals surface area (Å²) < 4.78 is 71.4. The fourth-order valence-corrected chi connectivity index (χ4v) is 3.97. The first-order valence-electron chi connectivity index (χ1n) is 9.46. The Bertz CT molecular complexity index is 954. The Labute approximate surface area is 178 Å². The number of morpholine rings is 1. The van der Waals surface area contributed by atoms with Gasteiger partial charge in [0.25, 0.3) is 5.92 Å². The zero-order chi connectivity index (χ0) is 22.2. The summed E-state index contributed by atoms with van der Waals surface area (Å²) in [4.78, 5) is 15.7. The average Bonchev–Trinajstić information content (AvgIpc) is 3.09. The number of hydrogen-bond donors (Lipinski definition) is 1. The van der Waals surface area contributed by atoms with E-state index >= 15 is 0 Å². The smallest absolute Gasteiger partial charge is 0.383 e. The number of alkyl halides is 5. The number of rotatable bonds is 4. The maximum atomic E-state index is 13.8. The summed E-state index contributed by atoms with van der Waals surface area (Å²) in [6.07, 6.45) is 0.993. The lowest BCUT2D eigenvalue weighted by atomic mass is 10.2. The number of halogens is 5. The molecule has 0 amide bonds. The van der Waals surface area contributed by atoms with Crippen LogP contribution in [0.2, 0.25) is 0 Å². The SMILES string of the molecule is Nc1ncc(-c2cc(N3CCOCC3)nc(N3CCC(F)(F)C3)n2)cc1SC(F)(F)F. The Kier molecular flexibility index (Phi) is 5.81. The number of hydrogen-bond acceptors (Lipinski definition) is 8. The van der Waals surface area contributed by atoms with Crippen molar-refractivity contribution in [1.82, 2.24) is 15.0 Å². The number of aromatic nitrogens is 3. The number of anilines is 3. The van der Waals surface area contributed by atoms with Gasteiger partial charge in [0.05, 0.1) is 30.3 Å². The first-order valence-corrected chi connectivity index (χ1v) is 10.3. The Morgan fingerprint density at radius 1 is 1.06 bits per heavy atom. The Balaban J connectivity index is 1.74. The molecule has 0 unspecified atom stereocenters. The molecule has 0 bridgehead atoms. The van der Waals surface area contributed by atoms with E-state index in [2.05, 4.69) is 15.0 Å². The first-order chi connectivity index (χ1) is 14.6. The average molecular weight is 462 g/mol. The molecule has 4 heterocycles. The van der Waals surface area contributed by atoms with Crippen molar-refractivity contribution in [2.45, 2.75) is 22.7 Å². The minimum absolute atomic E-state index is 0.0775. The molecule has 2 aromatic rings. The van der Waals surface area contributed by atoms with Gasteiger partial charge >= 0.3 is 5.51 Å². The Hall–Kier alpha value is -2.41. The minimum atomic E-state index is -4.54. The predicted octanol–water partition coefficient (Wildman–Crippen LogP) is 3.41. The molecule has 2 aliphatic rings. The van der Waals surface area contributed by atoms with Crippen molar-refractivity contribution < 1.29 is 26.7 Å². The molecule has 7 nitrogen and oxygen atoms in total. The van der Waals surface area contributed by atoms with E-state index in [9.17, 15) is 22.0 Å². The van der Waals surface area contributed by atoms with Gasteiger partial charge in [-0.25, -0.2) is 18.7 Å². The van der Waals surface area contributed by atoms with Crippen molar-refractivity contribution in [1.29, 1.82) is 0 Å². The molecular formula is C18H19F5N6OS. The molecule has 13 heteroatoms. The molecule has 0 spiro atoms. The van der Waals surface area contributed by atoms with E-state index in [1.165, 1.54) is 17.2 Å². The summed E-state index contributed by atoms with van der Waals surface area (Å²) in [5.41, 5.74) is 1.62. The van der Waals surface area contributed by atoms with E-state index in [0.717, 1.165) is 0 Å². The van der Waals surface area contributed by atoms with Crippen LogP contribution in [-0.4, -0.2) is 65.8 Å². The molecule has 2 fully saturated rings. The summed E-state index contributed by atoms with van der Waals surface area (Å²) in [5, 5.41) is 0. The number of nitrogens with zero attached hydrogens (tertiary/aromatic N) is 5. The monoisotopic (exact) mass is 462 g/mol. The zero-order valence-corrected chi connectivity index (χ0v) is 17.0. The standard InChI is InChI=1S/C18H19F5N6OS/c19-17(20)1-2-29(10-17)16-26-12(8-14(27-16)28-3-5-30-6-4-28)11-7-13(15(24)25-9-11)31-18(21,22)23/h7-9H,1-6,10H2,(H2,24,25). The number of ether oxygens (including phenoxy) is 1. The van der Waals surface area contributed by atoms with Gasteiger partial charge in [0.2, 0.25) is 5.95 Å². The predicted molar refractivity (Wildman–Crippen MR) is 106 cm³/mol. The molecule has 2 aromatic heterocycles. The van der Waals surface area contributed by atoms with E-state index in [4.69, 9.17) is 10.5 Å². The fourth-order valence-electron chi connectivity index (χ4n) is 3.37. The quantitative estimate of drug-likeness (QED) is 0.547. The lowest BCUT2D eigenvalue weighted by Gasteiger charge is -2.29. The summed E-state index contributed by atoms with van der Waals surface area (Å²) >= 11 is -0.370. The molecule has 0 aromatic carbocycles. The second-order valence-corrected chi connectivity index (χ2v) is 8.30. The van der Waals surface area contributed by atoms with Crippen LogP contribution in [0.5, 0.6) is 0 Å². The molecule has 0 atom stereocenters. The van der Waals surface area contributed by atoms with Crippen LogP contribution in [0.3, 0.4) is 0 Å². The second-order valence-electron chi connectivity index (χ2n) is 7.19. The maximum absolute atomic E-state index is 13.8. The van der Waals surface area contributed by atoms with Crippen molar-refractivity contribution in [3.63, 3.8) is 0 Å². The third-order valence-corrected chi connectivity index (χ3v) is 5.67. The lowest BCUT2D eigenvalue weighted by molar-refractivity contribution is -0.0328. The van der Waals surface area contributed by atoms with Gasteiger partial charge in [0.1, 0.15) is 11.6 Å². The number of thioether (sulfide) groups is 1. The van der Waals surface area contributed by atoms with Gasteiger partial charge in [-0.1, -0.05) is 0 Å². The summed E-state index contributed by atoms with van der Waals surface area (Å²) in [6.45, 7) is 1.60. The van der Waals surface area contributed by atoms with Gasteiger partial charge in [0.15, 0.2) is 0 Å². The third kappa shape index (κ3) is 5.26. The first kappa shape index (κ1) is 21.8. The molecule has 0 radical (unpaired) electrons. The third-order valence-electron chi connectivity index (χ3n) is 4.89. The largest absolute Gasteiger partial charge is 0.446 e. The van der Waals surface area contributed by atoms with Crippen LogP contribution in [0.1, 0.15) is 6.42 Å². The van der Waals surface area contributed by atoms with Gasteiger partial charge < -0.3 is 20.3 Å².